The molecule has 4 heteroatoms. The number of aliphatic hydroxyl groups is 1. The van der Waals surface area contributed by atoms with Gasteiger partial charge >= 0.3 is 0 Å². The largest absolute Gasteiger partial charge is 0.508 e. The monoisotopic (exact) mass is 343 g/mol. The Morgan fingerprint density at radius 1 is 1.00 bits per heavy atom. The molecule has 126 valence electrons. The normalized spacial score (nSPS) is 13.2. The first-order chi connectivity index (χ1) is 11.2. The molecular formula is C20H22ClNO2. The van der Waals surface area contributed by atoms with Crippen LogP contribution in [0.2, 0.25) is 0 Å². The maximum atomic E-state index is 10.1. The number of halogens is 1. The van der Waals surface area contributed by atoms with Crippen molar-refractivity contribution in [2.45, 2.75) is 31.8 Å². The van der Waals surface area contributed by atoms with Crippen molar-refractivity contribution in [1.82, 2.24) is 4.98 Å². The van der Waals surface area contributed by atoms with Crippen molar-refractivity contribution in [2.24, 2.45) is 0 Å². The predicted octanol–water partition coefficient (Wildman–Crippen LogP) is 4.66. The molecule has 0 spiro atoms. The van der Waals surface area contributed by atoms with Gasteiger partial charge in [0.05, 0.1) is 6.10 Å². The van der Waals surface area contributed by atoms with Gasteiger partial charge in [0.25, 0.3) is 0 Å². The van der Waals surface area contributed by atoms with Gasteiger partial charge in [-0.25, -0.2) is 0 Å². The lowest BCUT2D eigenvalue weighted by Crippen LogP contribution is -2.12. The average molecular weight is 344 g/mol. The van der Waals surface area contributed by atoms with Crippen molar-refractivity contribution >= 4 is 23.2 Å². The molecule has 3 aromatic rings. The number of benzene rings is 2. The third kappa shape index (κ3) is 4.05. The van der Waals surface area contributed by atoms with Gasteiger partial charge in [-0.1, -0.05) is 37.3 Å². The second kappa shape index (κ2) is 8.13. The smallest absolute Gasteiger partial charge is 0.116 e. The lowest BCUT2D eigenvalue weighted by molar-refractivity contribution is 0.155. The quantitative estimate of drug-likeness (QED) is 0.708. The third-order valence-corrected chi connectivity index (χ3v) is 4.32. The summed E-state index contributed by atoms with van der Waals surface area (Å²) >= 11 is 0. The topological polar surface area (TPSA) is 53.4 Å². The SMILES string of the molecule is CCC(O)CC(c1cccnc1)c1ccc2cc(O)ccc2c1.Cl. The summed E-state index contributed by atoms with van der Waals surface area (Å²) < 4.78 is 0. The Labute approximate surface area is 148 Å². The van der Waals surface area contributed by atoms with Crippen LogP contribution in [0.1, 0.15) is 36.8 Å². The van der Waals surface area contributed by atoms with Crippen LogP contribution in [0, 0.1) is 0 Å². The molecule has 24 heavy (non-hydrogen) atoms. The zero-order chi connectivity index (χ0) is 16.2. The van der Waals surface area contributed by atoms with E-state index in [1.807, 2.05) is 31.3 Å². The van der Waals surface area contributed by atoms with Crippen LogP contribution in [0.25, 0.3) is 10.8 Å². The Morgan fingerprint density at radius 2 is 1.75 bits per heavy atom. The molecular weight excluding hydrogens is 322 g/mol. The van der Waals surface area contributed by atoms with Gasteiger partial charge in [-0.3, -0.25) is 4.98 Å². The highest BCUT2D eigenvalue weighted by Crippen LogP contribution is 2.32. The van der Waals surface area contributed by atoms with Gasteiger partial charge in [-0.2, -0.15) is 0 Å². The van der Waals surface area contributed by atoms with Crippen LogP contribution in [0.4, 0.5) is 0 Å². The highest BCUT2D eigenvalue weighted by molar-refractivity contribution is 5.85. The number of rotatable bonds is 5. The Kier molecular flexibility index (Phi) is 6.18. The first-order valence-electron chi connectivity index (χ1n) is 7.98. The summed E-state index contributed by atoms with van der Waals surface area (Å²) in [5.41, 5.74) is 2.27. The molecule has 2 N–H and O–H groups in total. The van der Waals surface area contributed by atoms with Gasteiger partial charge in [-0.05, 0) is 52.9 Å². The van der Waals surface area contributed by atoms with Gasteiger partial charge in [0.2, 0.25) is 0 Å². The summed E-state index contributed by atoms with van der Waals surface area (Å²) in [4.78, 5) is 4.22. The highest BCUT2D eigenvalue weighted by Gasteiger charge is 2.18. The number of phenols is 1. The minimum atomic E-state index is -0.337. The molecule has 1 heterocycles. The molecule has 0 aliphatic carbocycles. The fraction of sp³-hybridized carbons (Fsp3) is 0.250. The molecule has 3 nitrogen and oxygen atoms in total. The van der Waals surface area contributed by atoms with E-state index in [1.165, 1.54) is 0 Å². The first kappa shape index (κ1) is 18.2. The summed E-state index contributed by atoms with van der Waals surface area (Å²) in [7, 11) is 0. The third-order valence-electron chi connectivity index (χ3n) is 4.32. The molecule has 2 atom stereocenters. The molecule has 0 amide bonds. The molecule has 2 unspecified atom stereocenters. The Hall–Kier alpha value is -2.10. The van der Waals surface area contributed by atoms with E-state index < -0.39 is 0 Å². The molecule has 0 aliphatic heterocycles. The van der Waals surface area contributed by atoms with Crippen LogP contribution in [0.5, 0.6) is 5.75 Å². The summed E-state index contributed by atoms with van der Waals surface area (Å²) in [6.07, 6.45) is 4.70. The maximum absolute atomic E-state index is 10.1. The fourth-order valence-electron chi connectivity index (χ4n) is 2.95. The Bertz CT molecular complexity index is 792. The molecule has 0 saturated carbocycles. The van der Waals surface area contributed by atoms with Crippen LogP contribution >= 0.6 is 12.4 Å². The van der Waals surface area contributed by atoms with Crippen LogP contribution in [-0.2, 0) is 0 Å². The number of phenolic OH excluding ortho intramolecular Hbond substituents is 1. The molecule has 0 fully saturated rings. The number of nitrogens with zero attached hydrogens (tertiary/aromatic N) is 1. The summed E-state index contributed by atoms with van der Waals surface area (Å²) in [6, 6.07) is 15.6. The van der Waals surface area contributed by atoms with Crippen molar-refractivity contribution in [2.75, 3.05) is 0 Å². The van der Waals surface area contributed by atoms with Gasteiger partial charge in [-0.15, -0.1) is 12.4 Å². The molecule has 0 saturated heterocycles. The van der Waals surface area contributed by atoms with Crippen molar-refractivity contribution in [3.63, 3.8) is 0 Å². The van der Waals surface area contributed by atoms with E-state index in [1.54, 1.807) is 18.3 Å². The van der Waals surface area contributed by atoms with E-state index in [0.29, 0.717) is 6.42 Å². The summed E-state index contributed by atoms with van der Waals surface area (Å²) in [5, 5.41) is 21.8. The van der Waals surface area contributed by atoms with Crippen LogP contribution in [0.3, 0.4) is 0 Å². The number of aromatic nitrogens is 1. The number of fused-ring (bicyclic) bond motifs is 1. The zero-order valence-corrected chi connectivity index (χ0v) is 14.4. The van der Waals surface area contributed by atoms with Crippen molar-refractivity contribution in [3.8, 4) is 5.75 Å². The van der Waals surface area contributed by atoms with E-state index in [9.17, 15) is 10.2 Å². The lowest BCUT2D eigenvalue weighted by atomic mass is 9.86. The van der Waals surface area contributed by atoms with Crippen LogP contribution in [0.15, 0.2) is 60.9 Å². The number of hydrogen-bond donors (Lipinski definition) is 2. The summed E-state index contributed by atoms with van der Waals surface area (Å²) in [5.74, 6) is 0.382. The zero-order valence-electron chi connectivity index (χ0n) is 13.6. The predicted molar refractivity (Wildman–Crippen MR) is 99.9 cm³/mol. The number of hydrogen-bond acceptors (Lipinski definition) is 3. The van der Waals surface area contributed by atoms with Crippen molar-refractivity contribution in [1.29, 1.82) is 0 Å². The second-order valence-corrected chi connectivity index (χ2v) is 5.93. The van der Waals surface area contributed by atoms with Crippen LogP contribution in [-0.4, -0.2) is 21.3 Å². The molecule has 0 bridgehead atoms. The Morgan fingerprint density at radius 3 is 2.46 bits per heavy atom. The average Bonchev–Trinajstić information content (AvgIpc) is 2.59. The molecule has 0 radical (unpaired) electrons. The van der Waals surface area contributed by atoms with Gasteiger partial charge in [0.1, 0.15) is 5.75 Å². The van der Waals surface area contributed by atoms with E-state index >= 15 is 0 Å². The van der Waals surface area contributed by atoms with Crippen molar-refractivity contribution < 1.29 is 10.2 Å². The van der Waals surface area contributed by atoms with E-state index in [4.69, 9.17) is 0 Å². The lowest BCUT2D eigenvalue weighted by Gasteiger charge is -2.21. The first-order valence-corrected chi connectivity index (χ1v) is 7.98. The second-order valence-electron chi connectivity index (χ2n) is 5.93. The van der Waals surface area contributed by atoms with Gasteiger partial charge in [0.15, 0.2) is 0 Å². The number of aliphatic hydroxyl groups excluding tert-OH is 1. The standard InChI is InChI=1S/C20H21NO2.ClH/c1-2-18(22)12-20(17-4-3-9-21-13-17)16-6-5-15-11-19(23)8-7-14(15)10-16;/h3-11,13,18,20,22-23H,2,12H2,1H3;1H. The number of aromatic hydroxyl groups is 1. The van der Waals surface area contributed by atoms with Gasteiger partial charge in [0, 0.05) is 18.3 Å². The fourth-order valence-corrected chi connectivity index (χ4v) is 2.95. The van der Waals surface area contributed by atoms with E-state index in [-0.39, 0.29) is 30.2 Å². The molecule has 1 aromatic heterocycles. The Balaban J connectivity index is 0.00000208. The summed E-state index contributed by atoms with van der Waals surface area (Å²) in [6.45, 7) is 1.99. The van der Waals surface area contributed by atoms with E-state index in [2.05, 4.69) is 23.2 Å². The molecule has 3 rings (SSSR count). The maximum Gasteiger partial charge on any atom is 0.116 e. The van der Waals surface area contributed by atoms with Crippen molar-refractivity contribution in [3.05, 3.63) is 72.1 Å². The van der Waals surface area contributed by atoms with E-state index in [0.717, 1.165) is 28.3 Å². The number of pyridine rings is 1. The minimum Gasteiger partial charge on any atom is -0.508 e. The van der Waals surface area contributed by atoms with Crippen LogP contribution < -0.4 is 0 Å². The minimum absolute atomic E-state index is 0. The molecule has 2 aromatic carbocycles. The van der Waals surface area contributed by atoms with Gasteiger partial charge < -0.3 is 10.2 Å². The molecule has 0 aliphatic rings. The highest BCUT2D eigenvalue weighted by atomic mass is 35.5.